The van der Waals surface area contributed by atoms with Gasteiger partial charge in [-0.15, -0.1) is 11.3 Å². The van der Waals surface area contributed by atoms with Gasteiger partial charge in [0.25, 0.3) is 5.91 Å². The van der Waals surface area contributed by atoms with Crippen LogP contribution in [-0.2, 0) is 19.4 Å². The second-order valence-corrected chi connectivity index (χ2v) is 7.68. The first kappa shape index (κ1) is 19.1. The summed E-state index contributed by atoms with van der Waals surface area (Å²) in [6, 6.07) is 12.4. The summed E-state index contributed by atoms with van der Waals surface area (Å²) in [6.45, 7) is 2.70. The number of amides is 1. The molecule has 1 heterocycles. The lowest BCUT2D eigenvalue weighted by atomic mass is 9.93. The van der Waals surface area contributed by atoms with E-state index in [0.717, 1.165) is 18.5 Å². The van der Waals surface area contributed by atoms with Crippen molar-refractivity contribution in [3.05, 3.63) is 73.4 Å². The number of benzene rings is 2. The number of thiazole rings is 1. The first-order chi connectivity index (χ1) is 14.0. The van der Waals surface area contributed by atoms with Crippen LogP contribution < -0.4 is 9.54 Å². The van der Waals surface area contributed by atoms with Crippen LogP contribution in [0.1, 0.15) is 27.7 Å². The summed E-state index contributed by atoms with van der Waals surface area (Å²) in [7, 11) is 1.35. The van der Waals surface area contributed by atoms with Crippen molar-refractivity contribution in [2.75, 3.05) is 7.11 Å². The summed E-state index contributed by atoms with van der Waals surface area (Å²) in [6.07, 6.45) is 1.88. The van der Waals surface area contributed by atoms with Crippen molar-refractivity contribution in [2.24, 2.45) is 4.99 Å². The summed E-state index contributed by atoms with van der Waals surface area (Å²) >= 11 is 1.51. The normalized spacial score (nSPS) is 13.0. The number of nitro benzene ring substituents is 1. The molecule has 2 aromatic carbocycles. The number of carbonyl (C=O) groups is 1. The van der Waals surface area contributed by atoms with Gasteiger partial charge >= 0.3 is 5.69 Å². The Balaban J connectivity index is 1.81. The predicted molar refractivity (Wildman–Crippen MR) is 110 cm³/mol. The van der Waals surface area contributed by atoms with Gasteiger partial charge in [-0.2, -0.15) is 4.99 Å². The van der Waals surface area contributed by atoms with Crippen LogP contribution in [0.25, 0.3) is 11.3 Å². The minimum Gasteiger partial charge on any atom is -0.490 e. The number of hydrogen-bond donors (Lipinski definition) is 0. The van der Waals surface area contributed by atoms with Gasteiger partial charge in [-0.1, -0.05) is 24.3 Å². The fourth-order valence-electron chi connectivity index (χ4n) is 3.64. The molecule has 0 fully saturated rings. The Morgan fingerprint density at radius 1 is 1.28 bits per heavy atom. The molecule has 1 aliphatic carbocycles. The third kappa shape index (κ3) is 3.36. The number of aryl methyl sites for hydroxylation is 2. The SMILES string of the molecule is CCn1c2c(sc1=NC(=O)c1ccc(OC)c([N+](=O)[O-])c1)CCc1ccccc1-2. The number of methoxy groups -OCH3 is 1. The van der Waals surface area contributed by atoms with Crippen LogP contribution in [0.3, 0.4) is 0 Å². The first-order valence-electron chi connectivity index (χ1n) is 9.25. The van der Waals surface area contributed by atoms with E-state index in [1.165, 1.54) is 52.6 Å². The van der Waals surface area contributed by atoms with Crippen molar-refractivity contribution >= 4 is 22.9 Å². The standard InChI is InChI=1S/C21H19N3O4S/c1-3-23-19-15-7-5-4-6-13(15)9-11-18(19)29-21(23)22-20(25)14-8-10-17(28-2)16(12-14)24(26)27/h4-8,10,12H,3,9,11H2,1-2H3. The number of carbonyl (C=O) groups excluding carboxylic acids is 1. The van der Waals surface area contributed by atoms with Crippen molar-refractivity contribution in [3.63, 3.8) is 0 Å². The second kappa shape index (κ2) is 7.63. The van der Waals surface area contributed by atoms with Gasteiger partial charge < -0.3 is 9.30 Å². The second-order valence-electron chi connectivity index (χ2n) is 6.62. The molecule has 0 bridgehead atoms. The van der Waals surface area contributed by atoms with Crippen molar-refractivity contribution in [1.29, 1.82) is 0 Å². The van der Waals surface area contributed by atoms with Crippen LogP contribution in [-0.4, -0.2) is 22.5 Å². The lowest BCUT2D eigenvalue weighted by Crippen LogP contribution is -2.18. The Kier molecular flexibility index (Phi) is 5.02. The molecule has 148 valence electrons. The average Bonchev–Trinajstić information content (AvgIpc) is 3.10. The average molecular weight is 409 g/mol. The molecular formula is C21H19N3O4S. The number of ether oxygens (including phenoxy) is 1. The van der Waals surface area contributed by atoms with E-state index in [1.807, 2.05) is 23.6 Å². The fraction of sp³-hybridized carbons (Fsp3) is 0.238. The summed E-state index contributed by atoms with van der Waals surface area (Å²) in [5.41, 5.74) is 3.50. The Bertz CT molecular complexity index is 1190. The molecule has 0 saturated carbocycles. The van der Waals surface area contributed by atoms with E-state index in [1.54, 1.807) is 0 Å². The van der Waals surface area contributed by atoms with Gasteiger partial charge in [-0.3, -0.25) is 14.9 Å². The van der Waals surface area contributed by atoms with E-state index in [4.69, 9.17) is 4.74 Å². The summed E-state index contributed by atoms with van der Waals surface area (Å²) in [5.74, 6) is -0.400. The third-order valence-corrected chi connectivity index (χ3v) is 6.15. The van der Waals surface area contributed by atoms with E-state index >= 15 is 0 Å². The number of nitrogens with zero attached hydrogens (tertiary/aromatic N) is 3. The minimum absolute atomic E-state index is 0.110. The topological polar surface area (TPSA) is 86.7 Å². The summed E-state index contributed by atoms with van der Waals surface area (Å²) in [5, 5.41) is 11.2. The maximum Gasteiger partial charge on any atom is 0.311 e. The maximum absolute atomic E-state index is 12.8. The molecule has 4 rings (SSSR count). The molecule has 8 heteroatoms. The van der Waals surface area contributed by atoms with Gasteiger partial charge in [0.1, 0.15) is 0 Å². The van der Waals surface area contributed by atoms with Gasteiger partial charge in [-0.05, 0) is 37.5 Å². The molecule has 1 amide bonds. The Morgan fingerprint density at radius 2 is 2.07 bits per heavy atom. The van der Waals surface area contributed by atoms with E-state index in [0.29, 0.717) is 11.3 Å². The molecule has 1 aliphatic rings. The number of fused-ring (bicyclic) bond motifs is 3. The van der Waals surface area contributed by atoms with Crippen LogP contribution in [0.4, 0.5) is 5.69 Å². The first-order valence-corrected chi connectivity index (χ1v) is 10.1. The third-order valence-electron chi connectivity index (χ3n) is 5.01. The quantitative estimate of drug-likeness (QED) is 0.481. The summed E-state index contributed by atoms with van der Waals surface area (Å²) in [4.78, 5) is 29.6. The molecule has 0 atom stereocenters. The molecule has 0 aliphatic heterocycles. The van der Waals surface area contributed by atoms with Gasteiger partial charge in [0.05, 0.1) is 17.7 Å². The van der Waals surface area contributed by atoms with Crippen LogP contribution in [0.5, 0.6) is 5.75 Å². The van der Waals surface area contributed by atoms with Crippen LogP contribution in [0.2, 0.25) is 0 Å². The largest absolute Gasteiger partial charge is 0.490 e. The monoisotopic (exact) mass is 409 g/mol. The Labute approximate surface area is 171 Å². The molecule has 29 heavy (non-hydrogen) atoms. The highest BCUT2D eigenvalue weighted by Gasteiger charge is 2.23. The summed E-state index contributed by atoms with van der Waals surface area (Å²) < 4.78 is 7.05. The predicted octanol–water partition coefficient (Wildman–Crippen LogP) is 3.99. The molecular weight excluding hydrogens is 390 g/mol. The minimum atomic E-state index is -0.567. The zero-order valence-corrected chi connectivity index (χ0v) is 16.9. The number of nitro groups is 1. The molecule has 0 spiro atoms. The molecule has 0 radical (unpaired) electrons. The fourth-order valence-corrected chi connectivity index (χ4v) is 4.84. The molecule has 0 unspecified atom stereocenters. The zero-order chi connectivity index (χ0) is 20.5. The van der Waals surface area contributed by atoms with Gasteiger partial charge in [0.2, 0.25) is 0 Å². The molecule has 0 N–H and O–H groups in total. The van der Waals surface area contributed by atoms with E-state index in [9.17, 15) is 14.9 Å². The van der Waals surface area contributed by atoms with Crippen LogP contribution in [0, 0.1) is 10.1 Å². The lowest BCUT2D eigenvalue weighted by Gasteiger charge is -2.17. The van der Waals surface area contributed by atoms with Gasteiger partial charge in [0.15, 0.2) is 10.6 Å². The molecule has 7 nitrogen and oxygen atoms in total. The highest BCUT2D eigenvalue weighted by molar-refractivity contribution is 7.09. The Hall–Kier alpha value is -3.26. The molecule has 1 aromatic heterocycles. The maximum atomic E-state index is 12.8. The van der Waals surface area contributed by atoms with E-state index in [-0.39, 0.29) is 17.0 Å². The smallest absolute Gasteiger partial charge is 0.311 e. The number of hydrogen-bond acceptors (Lipinski definition) is 5. The number of aromatic nitrogens is 1. The van der Waals surface area contributed by atoms with Crippen molar-refractivity contribution < 1.29 is 14.5 Å². The highest BCUT2D eigenvalue weighted by atomic mass is 32.1. The Morgan fingerprint density at radius 3 is 2.79 bits per heavy atom. The molecule has 0 saturated heterocycles. The highest BCUT2D eigenvalue weighted by Crippen LogP contribution is 2.35. The van der Waals surface area contributed by atoms with Crippen molar-refractivity contribution in [3.8, 4) is 17.0 Å². The zero-order valence-electron chi connectivity index (χ0n) is 16.0. The van der Waals surface area contributed by atoms with E-state index < -0.39 is 10.8 Å². The lowest BCUT2D eigenvalue weighted by molar-refractivity contribution is -0.385. The van der Waals surface area contributed by atoms with Crippen molar-refractivity contribution in [2.45, 2.75) is 26.3 Å². The van der Waals surface area contributed by atoms with Crippen molar-refractivity contribution in [1.82, 2.24) is 4.57 Å². The van der Waals surface area contributed by atoms with Gasteiger partial charge in [-0.25, -0.2) is 0 Å². The van der Waals surface area contributed by atoms with Crippen LogP contribution in [0.15, 0.2) is 47.5 Å². The van der Waals surface area contributed by atoms with Gasteiger partial charge in [0, 0.05) is 28.6 Å². The number of rotatable bonds is 4. The van der Waals surface area contributed by atoms with E-state index in [2.05, 4.69) is 17.1 Å². The molecule has 3 aromatic rings. The van der Waals surface area contributed by atoms with Crippen LogP contribution >= 0.6 is 11.3 Å².